The Kier molecular flexibility index (Phi) is 4.20. The number of hydrogen-bond donors (Lipinski definition) is 0. The zero-order chi connectivity index (χ0) is 13.0. The highest BCUT2D eigenvalue weighted by Gasteiger charge is 2.16. The van der Waals surface area contributed by atoms with Gasteiger partial charge in [0.2, 0.25) is 0 Å². The van der Waals surface area contributed by atoms with E-state index in [2.05, 4.69) is 0 Å². The maximum Gasteiger partial charge on any atom is 0.302 e. The van der Waals surface area contributed by atoms with E-state index in [4.69, 9.17) is 4.74 Å². The van der Waals surface area contributed by atoms with Gasteiger partial charge in [-0.2, -0.15) is 0 Å². The monoisotopic (exact) mass is 237 g/mol. The molecule has 92 valence electrons. The fourth-order valence-corrected chi connectivity index (χ4v) is 1.41. The average Bonchev–Trinajstić information content (AvgIpc) is 2.25. The lowest BCUT2D eigenvalue weighted by molar-refractivity contribution is -0.385. The van der Waals surface area contributed by atoms with Crippen LogP contribution in [-0.4, -0.2) is 10.9 Å². The first-order valence-electron chi connectivity index (χ1n) is 5.32. The minimum Gasteiger partial charge on any atom is -0.461 e. The van der Waals surface area contributed by atoms with Crippen LogP contribution in [0.5, 0.6) is 0 Å². The summed E-state index contributed by atoms with van der Waals surface area (Å²) in [5.74, 6) is -0.233. The maximum absolute atomic E-state index is 10.9. The molecule has 1 rings (SSSR count). The highest BCUT2D eigenvalue weighted by Crippen LogP contribution is 2.25. The Bertz CT molecular complexity index is 440. The van der Waals surface area contributed by atoms with Gasteiger partial charge in [-0.15, -0.1) is 0 Å². The maximum atomic E-state index is 10.9. The summed E-state index contributed by atoms with van der Waals surface area (Å²) in [5.41, 5.74) is 1.30. The molecule has 1 aromatic carbocycles. The number of nitro benzene ring substituents is 1. The van der Waals surface area contributed by atoms with Crippen molar-refractivity contribution in [3.05, 3.63) is 39.4 Å². The minimum absolute atomic E-state index is 0.00236. The molecule has 0 spiro atoms. The van der Waals surface area contributed by atoms with E-state index in [9.17, 15) is 14.9 Å². The number of hydrogen-bond acceptors (Lipinski definition) is 4. The van der Waals surface area contributed by atoms with Crippen LogP contribution in [0, 0.1) is 10.1 Å². The van der Waals surface area contributed by atoms with Crippen LogP contribution in [0.1, 0.15) is 37.8 Å². The molecule has 0 radical (unpaired) electrons. The van der Waals surface area contributed by atoms with Gasteiger partial charge in [-0.1, -0.05) is 19.9 Å². The molecule has 0 heterocycles. The Balaban J connectivity index is 3.04. The number of carbonyl (C=O) groups is 1. The van der Waals surface area contributed by atoms with Crippen molar-refractivity contribution in [1.82, 2.24) is 0 Å². The fourth-order valence-electron chi connectivity index (χ4n) is 1.41. The molecule has 0 aliphatic rings. The molecule has 0 aliphatic carbocycles. The normalized spacial score (nSPS) is 10.4. The summed E-state index contributed by atoms with van der Waals surface area (Å²) in [6.45, 7) is 5.13. The summed E-state index contributed by atoms with van der Waals surface area (Å²) in [6, 6.07) is 4.98. The van der Waals surface area contributed by atoms with Crippen molar-refractivity contribution >= 4 is 11.7 Å². The third-order valence-electron chi connectivity index (χ3n) is 2.40. The third-order valence-corrected chi connectivity index (χ3v) is 2.40. The molecule has 0 fully saturated rings. The zero-order valence-corrected chi connectivity index (χ0v) is 10.1. The molecule has 1 aromatic rings. The SMILES string of the molecule is CC(=O)OCc1ccc(C(C)C)cc1[N+](=O)[O-]. The second-order valence-electron chi connectivity index (χ2n) is 4.08. The zero-order valence-electron chi connectivity index (χ0n) is 10.1. The summed E-state index contributed by atoms with van der Waals surface area (Å²) < 4.78 is 4.78. The molecular formula is C12H15NO4. The molecule has 17 heavy (non-hydrogen) atoms. The van der Waals surface area contributed by atoms with Crippen LogP contribution in [0.15, 0.2) is 18.2 Å². The van der Waals surface area contributed by atoms with E-state index >= 15 is 0 Å². The molecule has 5 heteroatoms. The molecule has 0 aromatic heterocycles. The van der Waals surface area contributed by atoms with Crippen LogP contribution in [-0.2, 0) is 16.1 Å². The van der Waals surface area contributed by atoms with Crippen molar-refractivity contribution in [2.75, 3.05) is 0 Å². The molecule has 5 nitrogen and oxygen atoms in total. The number of ether oxygens (including phenoxy) is 1. The van der Waals surface area contributed by atoms with Crippen LogP contribution >= 0.6 is 0 Å². The van der Waals surface area contributed by atoms with Gasteiger partial charge in [0.15, 0.2) is 0 Å². The summed E-state index contributed by atoms with van der Waals surface area (Å²) in [4.78, 5) is 21.1. The Hall–Kier alpha value is -1.91. The molecule has 0 saturated heterocycles. The van der Waals surface area contributed by atoms with Gasteiger partial charge in [0.1, 0.15) is 6.61 Å². The van der Waals surface area contributed by atoms with E-state index in [-0.39, 0.29) is 18.2 Å². The molecule has 0 bridgehead atoms. The predicted molar refractivity (Wildman–Crippen MR) is 62.7 cm³/mol. The minimum atomic E-state index is -0.454. The van der Waals surface area contributed by atoms with Crippen molar-refractivity contribution in [2.45, 2.75) is 33.3 Å². The van der Waals surface area contributed by atoms with E-state index in [0.29, 0.717) is 5.56 Å². The first-order chi connectivity index (χ1) is 7.91. The van der Waals surface area contributed by atoms with Gasteiger partial charge >= 0.3 is 5.97 Å². The lowest BCUT2D eigenvalue weighted by Crippen LogP contribution is -2.03. The molecule has 0 amide bonds. The smallest absolute Gasteiger partial charge is 0.302 e. The van der Waals surface area contributed by atoms with Gasteiger partial charge in [0.25, 0.3) is 5.69 Å². The quantitative estimate of drug-likeness (QED) is 0.458. The van der Waals surface area contributed by atoms with Gasteiger partial charge in [-0.05, 0) is 17.5 Å². The summed E-state index contributed by atoms with van der Waals surface area (Å²) >= 11 is 0. The summed E-state index contributed by atoms with van der Waals surface area (Å²) in [5, 5.41) is 10.9. The summed E-state index contributed by atoms with van der Waals surface area (Å²) in [6.07, 6.45) is 0. The van der Waals surface area contributed by atoms with E-state index in [1.54, 1.807) is 6.07 Å². The highest BCUT2D eigenvalue weighted by atomic mass is 16.6. The molecule has 0 saturated carbocycles. The highest BCUT2D eigenvalue weighted by molar-refractivity contribution is 5.66. The van der Waals surface area contributed by atoms with Crippen molar-refractivity contribution in [1.29, 1.82) is 0 Å². The second-order valence-corrected chi connectivity index (χ2v) is 4.08. The second kappa shape index (κ2) is 5.43. The van der Waals surface area contributed by atoms with Crippen molar-refractivity contribution in [2.24, 2.45) is 0 Å². The molecule has 0 N–H and O–H groups in total. The van der Waals surface area contributed by atoms with Gasteiger partial charge in [0.05, 0.1) is 10.5 Å². The Morgan fingerprint density at radius 1 is 1.47 bits per heavy atom. The van der Waals surface area contributed by atoms with Crippen LogP contribution in [0.2, 0.25) is 0 Å². The number of esters is 1. The lowest BCUT2D eigenvalue weighted by Gasteiger charge is -2.08. The van der Waals surface area contributed by atoms with E-state index < -0.39 is 10.9 Å². The van der Waals surface area contributed by atoms with Crippen LogP contribution in [0.25, 0.3) is 0 Å². The predicted octanol–water partition coefficient (Wildman–Crippen LogP) is 2.78. The number of nitrogens with zero attached hydrogens (tertiary/aromatic N) is 1. The van der Waals surface area contributed by atoms with E-state index in [1.165, 1.54) is 13.0 Å². The van der Waals surface area contributed by atoms with Crippen LogP contribution in [0.3, 0.4) is 0 Å². The number of benzene rings is 1. The molecular weight excluding hydrogens is 222 g/mol. The average molecular weight is 237 g/mol. The number of rotatable bonds is 4. The van der Waals surface area contributed by atoms with Gasteiger partial charge in [-0.3, -0.25) is 14.9 Å². The van der Waals surface area contributed by atoms with Crippen molar-refractivity contribution in [3.8, 4) is 0 Å². The van der Waals surface area contributed by atoms with Crippen molar-refractivity contribution < 1.29 is 14.5 Å². The number of nitro groups is 1. The Morgan fingerprint density at radius 2 is 2.12 bits per heavy atom. The Labute approximate surface area is 99.5 Å². The summed E-state index contributed by atoms with van der Waals surface area (Å²) in [7, 11) is 0. The number of carbonyl (C=O) groups excluding carboxylic acids is 1. The first kappa shape index (κ1) is 13.2. The third kappa shape index (κ3) is 3.55. The van der Waals surface area contributed by atoms with Crippen LogP contribution in [0.4, 0.5) is 5.69 Å². The standard InChI is InChI=1S/C12H15NO4/c1-8(2)10-4-5-11(7-17-9(3)14)12(6-10)13(15)16/h4-6,8H,7H2,1-3H3. The van der Waals surface area contributed by atoms with E-state index in [1.807, 2.05) is 19.9 Å². The topological polar surface area (TPSA) is 69.4 Å². The lowest BCUT2D eigenvalue weighted by atomic mass is 10.0. The Morgan fingerprint density at radius 3 is 2.59 bits per heavy atom. The van der Waals surface area contributed by atoms with Gasteiger partial charge in [-0.25, -0.2) is 0 Å². The van der Waals surface area contributed by atoms with Crippen LogP contribution < -0.4 is 0 Å². The van der Waals surface area contributed by atoms with Gasteiger partial charge < -0.3 is 4.74 Å². The van der Waals surface area contributed by atoms with Gasteiger partial charge in [0, 0.05) is 13.0 Å². The molecule has 0 atom stereocenters. The fraction of sp³-hybridized carbons (Fsp3) is 0.417. The van der Waals surface area contributed by atoms with Crippen molar-refractivity contribution in [3.63, 3.8) is 0 Å². The largest absolute Gasteiger partial charge is 0.461 e. The first-order valence-corrected chi connectivity index (χ1v) is 5.32. The molecule has 0 unspecified atom stereocenters. The molecule has 0 aliphatic heterocycles. The van der Waals surface area contributed by atoms with E-state index in [0.717, 1.165) is 5.56 Å².